The molecule has 62 valence electrons. The van der Waals surface area contributed by atoms with Gasteiger partial charge in [0.2, 0.25) is 0 Å². The Bertz CT molecular complexity index is 340. The molecular weight excluding hydrogens is 237 g/mol. The minimum Gasteiger partial charge on any atom is -0.192 e. The Morgan fingerprint density at radius 1 is 1.58 bits per heavy atom. The Kier molecular flexibility index (Phi) is 3.13. The second kappa shape index (κ2) is 3.93. The minimum atomic E-state index is 0.643. The van der Waals surface area contributed by atoms with Crippen molar-refractivity contribution in [2.24, 2.45) is 0 Å². The highest BCUT2D eigenvalue weighted by Crippen LogP contribution is 2.22. The molecule has 1 nitrogen and oxygen atoms in total. The molecule has 0 atom stereocenters. The predicted molar refractivity (Wildman–Crippen MR) is 53.5 cm³/mol. The van der Waals surface area contributed by atoms with E-state index in [2.05, 4.69) is 22.0 Å². The zero-order valence-electron chi connectivity index (χ0n) is 6.56. The lowest BCUT2D eigenvalue weighted by atomic mass is 10.1. The van der Waals surface area contributed by atoms with Gasteiger partial charge in [-0.25, -0.2) is 0 Å². The SMILES string of the molecule is Cc1cc(CBr)c(Cl)cc1C#N. The van der Waals surface area contributed by atoms with E-state index in [4.69, 9.17) is 16.9 Å². The highest BCUT2D eigenvalue weighted by atomic mass is 79.9. The fraction of sp³-hybridized carbons (Fsp3) is 0.222. The first-order valence-corrected chi connectivity index (χ1v) is 4.94. The number of aryl methyl sites for hydroxylation is 1. The molecule has 0 aromatic heterocycles. The van der Waals surface area contributed by atoms with E-state index in [0.717, 1.165) is 16.5 Å². The number of alkyl halides is 1. The molecule has 0 aliphatic carbocycles. The molecule has 1 aromatic rings. The highest BCUT2D eigenvalue weighted by molar-refractivity contribution is 9.08. The number of hydrogen-bond donors (Lipinski definition) is 0. The summed E-state index contributed by atoms with van der Waals surface area (Å²) >= 11 is 9.22. The monoisotopic (exact) mass is 243 g/mol. The Morgan fingerprint density at radius 3 is 2.75 bits per heavy atom. The molecule has 0 fully saturated rings. The number of halogens is 2. The second-order valence-corrected chi connectivity index (χ2v) is 3.47. The van der Waals surface area contributed by atoms with Crippen molar-refractivity contribution in [1.29, 1.82) is 5.26 Å². The van der Waals surface area contributed by atoms with E-state index in [1.807, 2.05) is 13.0 Å². The third-order valence-electron chi connectivity index (χ3n) is 1.66. The molecule has 1 rings (SSSR count). The van der Waals surface area contributed by atoms with E-state index < -0.39 is 0 Å². The van der Waals surface area contributed by atoms with Crippen molar-refractivity contribution in [3.63, 3.8) is 0 Å². The van der Waals surface area contributed by atoms with Crippen molar-refractivity contribution >= 4 is 27.5 Å². The topological polar surface area (TPSA) is 23.8 Å². The van der Waals surface area contributed by atoms with Gasteiger partial charge in [-0.2, -0.15) is 5.26 Å². The largest absolute Gasteiger partial charge is 0.192 e. The van der Waals surface area contributed by atoms with Gasteiger partial charge in [0.1, 0.15) is 0 Å². The van der Waals surface area contributed by atoms with Gasteiger partial charge in [0.15, 0.2) is 0 Å². The van der Waals surface area contributed by atoms with E-state index in [1.165, 1.54) is 0 Å². The first-order chi connectivity index (χ1) is 5.69. The first-order valence-electron chi connectivity index (χ1n) is 3.44. The van der Waals surface area contributed by atoms with Crippen molar-refractivity contribution < 1.29 is 0 Å². The van der Waals surface area contributed by atoms with Crippen LogP contribution in [0.4, 0.5) is 0 Å². The Morgan fingerprint density at radius 2 is 2.25 bits per heavy atom. The molecule has 0 spiro atoms. The molecule has 0 unspecified atom stereocenters. The van der Waals surface area contributed by atoms with Crippen LogP contribution in [0.25, 0.3) is 0 Å². The van der Waals surface area contributed by atoms with Crippen LogP contribution in [-0.2, 0) is 5.33 Å². The van der Waals surface area contributed by atoms with E-state index in [1.54, 1.807) is 6.07 Å². The molecule has 0 radical (unpaired) electrons. The summed E-state index contributed by atoms with van der Waals surface area (Å²) in [5.41, 5.74) is 2.63. The summed E-state index contributed by atoms with van der Waals surface area (Å²) in [4.78, 5) is 0. The van der Waals surface area contributed by atoms with E-state index in [-0.39, 0.29) is 0 Å². The summed E-state index contributed by atoms with van der Waals surface area (Å²) < 4.78 is 0. The normalized spacial score (nSPS) is 9.50. The third-order valence-corrected chi connectivity index (χ3v) is 2.61. The van der Waals surface area contributed by atoms with Gasteiger partial charge in [0, 0.05) is 10.4 Å². The lowest BCUT2D eigenvalue weighted by Crippen LogP contribution is -1.87. The molecule has 0 saturated heterocycles. The van der Waals surface area contributed by atoms with Gasteiger partial charge in [-0.1, -0.05) is 33.6 Å². The van der Waals surface area contributed by atoms with E-state index in [9.17, 15) is 0 Å². The maximum Gasteiger partial charge on any atom is 0.0994 e. The van der Waals surface area contributed by atoms with Crippen LogP contribution in [0.2, 0.25) is 5.02 Å². The average Bonchev–Trinajstić information content (AvgIpc) is 2.08. The summed E-state index contributed by atoms with van der Waals surface area (Å²) in [6.07, 6.45) is 0. The lowest BCUT2D eigenvalue weighted by molar-refractivity contribution is 1.33. The first kappa shape index (κ1) is 9.57. The molecule has 12 heavy (non-hydrogen) atoms. The smallest absolute Gasteiger partial charge is 0.0994 e. The maximum atomic E-state index is 8.69. The molecule has 3 heteroatoms. The van der Waals surface area contributed by atoms with Gasteiger partial charge in [0.25, 0.3) is 0 Å². The van der Waals surface area contributed by atoms with Crippen LogP contribution in [0, 0.1) is 18.3 Å². The molecular formula is C9H7BrClN. The summed E-state index contributed by atoms with van der Waals surface area (Å²) in [5, 5.41) is 10.1. The van der Waals surface area contributed by atoms with Crippen LogP contribution in [0.5, 0.6) is 0 Å². The van der Waals surface area contributed by atoms with Gasteiger partial charge in [-0.15, -0.1) is 0 Å². The summed E-state index contributed by atoms with van der Waals surface area (Å²) in [6.45, 7) is 1.90. The van der Waals surface area contributed by atoms with Crippen LogP contribution in [-0.4, -0.2) is 0 Å². The maximum absolute atomic E-state index is 8.69. The second-order valence-electron chi connectivity index (χ2n) is 2.50. The molecule has 0 aliphatic heterocycles. The minimum absolute atomic E-state index is 0.643. The van der Waals surface area contributed by atoms with E-state index >= 15 is 0 Å². The Balaban J connectivity index is 3.28. The van der Waals surface area contributed by atoms with Crippen LogP contribution in [0.1, 0.15) is 16.7 Å². The van der Waals surface area contributed by atoms with Crippen LogP contribution >= 0.6 is 27.5 Å². The number of rotatable bonds is 1. The number of nitriles is 1. The van der Waals surface area contributed by atoms with Gasteiger partial charge in [-0.05, 0) is 24.1 Å². The lowest BCUT2D eigenvalue weighted by Gasteiger charge is -2.02. The quantitative estimate of drug-likeness (QED) is 0.695. The standard InChI is InChI=1S/C9H7BrClN/c1-6-2-7(4-10)9(11)3-8(6)5-12/h2-3H,4H2,1H3. The van der Waals surface area contributed by atoms with Gasteiger partial charge >= 0.3 is 0 Å². The van der Waals surface area contributed by atoms with Gasteiger partial charge in [0.05, 0.1) is 11.6 Å². The molecule has 0 heterocycles. The molecule has 1 aromatic carbocycles. The molecule has 0 N–H and O–H groups in total. The van der Waals surface area contributed by atoms with Crippen molar-refractivity contribution in [3.05, 3.63) is 33.8 Å². The molecule has 0 aliphatic rings. The highest BCUT2D eigenvalue weighted by Gasteiger charge is 2.03. The Labute approximate surface area is 85.1 Å². The van der Waals surface area contributed by atoms with Crippen LogP contribution < -0.4 is 0 Å². The van der Waals surface area contributed by atoms with Crippen molar-refractivity contribution in [2.75, 3.05) is 0 Å². The number of benzene rings is 1. The zero-order chi connectivity index (χ0) is 9.14. The number of hydrogen-bond acceptors (Lipinski definition) is 1. The zero-order valence-corrected chi connectivity index (χ0v) is 8.91. The summed E-state index contributed by atoms with van der Waals surface area (Å²) in [5.74, 6) is 0. The predicted octanol–water partition coefficient (Wildman–Crippen LogP) is 3.42. The third kappa shape index (κ3) is 1.80. The van der Waals surface area contributed by atoms with Gasteiger partial charge < -0.3 is 0 Å². The van der Waals surface area contributed by atoms with Gasteiger partial charge in [-0.3, -0.25) is 0 Å². The fourth-order valence-corrected chi connectivity index (χ4v) is 1.82. The molecule has 0 bridgehead atoms. The molecule has 0 saturated carbocycles. The van der Waals surface area contributed by atoms with E-state index in [0.29, 0.717) is 10.6 Å². The van der Waals surface area contributed by atoms with Crippen molar-refractivity contribution in [3.8, 4) is 6.07 Å². The average molecular weight is 245 g/mol. The summed E-state index contributed by atoms with van der Waals surface area (Å²) in [7, 11) is 0. The fourth-order valence-electron chi connectivity index (χ4n) is 0.964. The Hall–Kier alpha value is -0.520. The number of nitrogens with zero attached hydrogens (tertiary/aromatic N) is 1. The van der Waals surface area contributed by atoms with Crippen LogP contribution in [0.3, 0.4) is 0 Å². The summed E-state index contributed by atoms with van der Waals surface area (Å²) in [6, 6.07) is 5.72. The van der Waals surface area contributed by atoms with Crippen LogP contribution in [0.15, 0.2) is 12.1 Å². The van der Waals surface area contributed by atoms with Crippen molar-refractivity contribution in [1.82, 2.24) is 0 Å². The van der Waals surface area contributed by atoms with Crippen molar-refractivity contribution in [2.45, 2.75) is 12.3 Å². The molecule has 0 amide bonds.